The van der Waals surface area contributed by atoms with E-state index in [1.807, 2.05) is 30.5 Å². The molecule has 4 aromatic rings. The second-order valence-electron chi connectivity index (χ2n) is 10.8. The van der Waals surface area contributed by atoms with E-state index in [1.165, 1.54) is 23.1 Å². The van der Waals surface area contributed by atoms with Crippen LogP contribution in [0.1, 0.15) is 30.1 Å². The summed E-state index contributed by atoms with van der Waals surface area (Å²) in [5.74, 6) is 1.86. The molecule has 3 aliphatic rings. The predicted octanol–water partition coefficient (Wildman–Crippen LogP) is 6.56. The van der Waals surface area contributed by atoms with Gasteiger partial charge in [0.1, 0.15) is 24.4 Å². The molecule has 0 saturated carbocycles. The van der Waals surface area contributed by atoms with Crippen LogP contribution in [0.3, 0.4) is 0 Å². The number of benzene rings is 3. The van der Waals surface area contributed by atoms with Gasteiger partial charge in [0.15, 0.2) is 0 Å². The number of nitrogens with zero attached hydrogens (tertiary/aromatic N) is 2. The fraction of sp³-hybridized carbons (Fsp3) is 0.303. The molecule has 7 rings (SSSR count). The number of quaternary nitrogens is 1. The third-order valence-electron chi connectivity index (χ3n) is 8.90. The van der Waals surface area contributed by atoms with Crippen molar-refractivity contribution in [3.63, 3.8) is 0 Å². The van der Waals surface area contributed by atoms with Crippen molar-refractivity contribution >= 4 is 10.9 Å². The number of hydrogen-bond donors (Lipinski definition) is 1. The zero-order valence-electron chi connectivity index (χ0n) is 21.5. The molecule has 4 nitrogen and oxygen atoms in total. The Labute approximate surface area is 219 Å². The van der Waals surface area contributed by atoms with Gasteiger partial charge in [-0.25, -0.2) is 0 Å². The van der Waals surface area contributed by atoms with Crippen LogP contribution in [0, 0.1) is 11.8 Å². The summed E-state index contributed by atoms with van der Waals surface area (Å²) in [7, 11) is 1.68. The lowest BCUT2D eigenvalue weighted by atomic mass is 9.71. The SMILES string of the molecule is C=CC1C[N+]2(Cc3ccc(-c4ccccc4)cc3)CCC1CC2[C@@H](O)c1ccnc2ccc(OC)cc12. The summed E-state index contributed by atoms with van der Waals surface area (Å²) in [4.78, 5) is 4.55. The van der Waals surface area contributed by atoms with Crippen molar-refractivity contribution in [1.82, 2.24) is 4.98 Å². The highest BCUT2D eigenvalue weighted by atomic mass is 16.5. The van der Waals surface area contributed by atoms with Crippen LogP contribution in [0.25, 0.3) is 22.0 Å². The summed E-state index contributed by atoms with van der Waals surface area (Å²) in [6.45, 7) is 7.21. The molecule has 188 valence electrons. The predicted molar refractivity (Wildman–Crippen MR) is 149 cm³/mol. The first-order valence-corrected chi connectivity index (χ1v) is 13.3. The highest BCUT2D eigenvalue weighted by Gasteiger charge is 2.54. The molecule has 0 radical (unpaired) electrons. The van der Waals surface area contributed by atoms with E-state index in [0.717, 1.165) is 52.8 Å². The van der Waals surface area contributed by atoms with Crippen LogP contribution in [0.2, 0.25) is 0 Å². The molecular formula is C33H35N2O2+. The Hall–Kier alpha value is -3.47. The largest absolute Gasteiger partial charge is 0.497 e. The topological polar surface area (TPSA) is 42.4 Å². The van der Waals surface area contributed by atoms with Crippen LogP contribution in [-0.2, 0) is 6.54 Å². The summed E-state index contributed by atoms with van der Waals surface area (Å²) in [6, 6.07) is 27.6. The number of aromatic nitrogens is 1. The molecule has 4 heterocycles. The number of rotatable bonds is 7. The number of methoxy groups -OCH3 is 1. The third kappa shape index (κ3) is 4.35. The van der Waals surface area contributed by atoms with E-state index >= 15 is 0 Å². The van der Waals surface area contributed by atoms with Gasteiger partial charge >= 0.3 is 0 Å². The molecule has 0 aliphatic carbocycles. The summed E-state index contributed by atoms with van der Waals surface area (Å²) >= 11 is 0. The van der Waals surface area contributed by atoms with Crippen molar-refractivity contribution in [1.29, 1.82) is 0 Å². The van der Waals surface area contributed by atoms with Crippen molar-refractivity contribution in [2.45, 2.75) is 31.5 Å². The van der Waals surface area contributed by atoms with Gasteiger partial charge in [0.25, 0.3) is 0 Å². The van der Waals surface area contributed by atoms with E-state index in [-0.39, 0.29) is 6.04 Å². The first-order valence-electron chi connectivity index (χ1n) is 13.3. The molecule has 4 heteroatoms. The number of aliphatic hydroxyl groups excluding tert-OH is 1. The lowest BCUT2D eigenvalue weighted by molar-refractivity contribution is -0.984. The van der Waals surface area contributed by atoms with Crippen LogP contribution in [0.15, 0.2) is 97.7 Å². The molecule has 3 aromatic carbocycles. The maximum absolute atomic E-state index is 12.0. The number of hydrogen-bond acceptors (Lipinski definition) is 3. The van der Waals surface area contributed by atoms with Gasteiger partial charge in [-0.2, -0.15) is 0 Å². The smallest absolute Gasteiger partial charge is 0.131 e. The Balaban J connectivity index is 1.35. The molecule has 3 aliphatic heterocycles. The fourth-order valence-electron chi connectivity index (χ4n) is 6.92. The molecule has 3 fully saturated rings. The maximum Gasteiger partial charge on any atom is 0.131 e. The van der Waals surface area contributed by atoms with Crippen LogP contribution in [0.5, 0.6) is 5.75 Å². The first kappa shape index (κ1) is 23.9. The minimum absolute atomic E-state index is 0.126. The van der Waals surface area contributed by atoms with Gasteiger partial charge in [0.05, 0.1) is 25.7 Å². The Morgan fingerprint density at radius 3 is 2.59 bits per heavy atom. The van der Waals surface area contributed by atoms with E-state index in [4.69, 9.17) is 4.74 Å². The maximum atomic E-state index is 12.0. The van der Waals surface area contributed by atoms with E-state index in [0.29, 0.717) is 11.8 Å². The second-order valence-corrected chi connectivity index (χ2v) is 10.8. The van der Waals surface area contributed by atoms with E-state index in [2.05, 4.69) is 72.2 Å². The summed E-state index contributed by atoms with van der Waals surface area (Å²) in [5, 5.41) is 13.0. The Morgan fingerprint density at radius 2 is 1.84 bits per heavy atom. The Bertz CT molecular complexity index is 1400. The average Bonchev–Trinajstić information content (AvgIpc) is 2.97. The van der Waals surface area contributed by atoms with Gasteiger partial charge in [-0.1, -0.05) is 60.7 Å². The second kappa shape index (κ2) is 9.77. The number of fused-ring (bicyclic) bond motifs is 4. The van der Waals surface area contributed by atoms with Gasteiger partial charge in [0.2, 0.25) is 0 Å². The van der Waals surface area contributed by atoms with Crippen molar-refractivity contribution < 1.29 is 14.3 Å². The van der Waals surface area contributed by atoms with Crippen molar-refractivity contribution in [3.05, 3.63) is 109 Å². The fourth-order valence-corrected chi connectivity index (χ4v) is 6.92. The van der Waals surface area contributed by atoms with Crippen LogP contribution in [-0.4, -0.2) is 40.8 Å². The molecule has 0 spiro atoms. The summed E-state index contributed by atoms with van der Waals surface area (Å²) in [6.07, 6.45) is 5.60. The molecular weight excluding hydrogens is 456 g/mol. The minimum atomic E-state index is -0.574. The molecule has 3 saturated heterocycles. The molecule has 1 aromatic heterocycles. The van der Waals surface area contributed by atoms with Crippen molar-refractivity contribution in [3.8, 4) is 16.9 Å². The molecule has 2 bridgehead atoms. The number of ether oxygens (including phenoxy) is 1. The summed E-state index contributed by atoms with van der Waals surface area (Å²) in [5.41, 5.74) is 5.63. The van der Waals surface area contributed by atoms with Crippen LogP contribution >= 0.6 is 0 Å². The molecule has 4 unspecified atom stereocenters. The summed E-state index contributed by atoms with van der Waals surface area (Å²) < 4.78 is 6.39. The van der Waals surface area contributed by atoms with E-state index < -0.39 is 6.10 Å². The van der Waals surface area contributed by atoms with Crippen LogP contribution < -0.4 is 4.74 Å². The van der Waals surface area contributed by atoms with Gasteiger partial charge in [-0.05, 0) is 46.9 Å². The highest BCUT2D eigenvalue weighted by Crippen LogP contribution is 2.48. The zero-order valence-corrected chi connectivity index (χ0v) is 21.5. The number of pyridine rings is 1. The Kier molecular flexibility index (Phi) is 6.31. The standard InChI is InChI=1S/C33H35N2O2/c1-3-24-22-35(21-23-9-11-26(12-10-23)25-7-5-4-6-8-25)18-16-27(24)19-32(35)33(36)29-15-17-34-31-14-13-28(37-2)20-30(29)31/h3-15,17,20,24,27,32-33,36H,1,16,18-19,21-22H2,2H3/q+1/t24?,27?,32?,33-,35?/m0/s1. The Morgan fingerprint density at radius 1 is 1.05 bits per heavy atom. The third-order valence-corrected chi connectivity index (χ3v) is 8.90. The van der Waals surface area contributed by atoms with Gasteiger partial charge in [0, 0.05) is 35.9 Å². The lowest BCUT2D eigenvalue weighted by Gasteiger charge is -2.58. The first-order chi connectivity index (χ1) is 18.1. The van der Waals surface area contributed by atoms with Crippen molar-refractivity contribution in [2.75, 3.05) is 20.2 Å². The lowest BCUT2D eigenvalue weighted by Crippen LogP contribution is -2.67. The highest BCUT2D eigenvalue weighted by molar-refractivity contribution is 5.84. The quantitative estimate of drug-likeness (QED) is 0.235. The number of aliphatic hydroxyl groups is 1. The van der Waals surface area contributed by atoms with Crippen LogP contribution in [0.4, 0.5) is 0 Å². The zero-order chi connectivity index (χ0) is 25.4. The normalized spacial score (nSPS) is 25.6. The van der Waals surface area contributed by atoms with Crippen molar-refractivity contribution in [2.24, 2.45) is 11.8 Å². The molecule has 1 N–H and O–H groups in total. The molecule has 37 heavy (non-hydrogen) atoms. The van der Waals surface area contributed by atoms with Gasteiger partial charge < -0.3 is 14.3 Å². The van der Waals surface area contributed by atoms with E-state index in [9.17, 15) is 5.11 Å². The van der Waals surface area contributed by atoms with Gasteiger partial charge in [-0.3, -0.25) is 4.98 Å². The number of piperidine rings is 3. The molecule has 0 amide bonds. The van der Waals surface area contributed by atoms with Gasteiger partial charge in [-0.15, -0.1) is 6.58 Å². The molecule has 5 atom stereocenters. The monoisotopic (exact) mass is 491 g/mol. The average molecular weight is 492 g/mol. The van der Waals surface area contributed by atoms with E-state index in [1.54, 1.807) is 7.11 Å². The minimum Gasteiger partial charge on any atom is -0.497 e.